The van der Waals surface area contributed by atoms with E-state index in [1.807, 2.05) is 0 Å². The van der Waals surface area contributed by atoms with E-state index in [0.717, 1.165) is 0 Å². The second-order valence-electron chi connectivity index (χ2n) is 3.29. The summed E-state index contributed by atoms with van der Waals surface area (Å²) in [5, 5.41) is 0. The van der Waals surface area contributed by atoms with Crippen molar-refractivity contribution in [3.63, 3.8) is 0 Å². The molecule has 4 N–H and O–H groups in total. The average Bonchev–Trinajstić information content (AvgIpc) is 2.39. The summed E-state index contributed by atoms with van der Waals surface area (Å²) in [5.74, 6) is -0.591. The molecule has 0 unspecified atom stereocenters. The van der Waals surface area contributed by atoms with Crippen molar-refractivity contribution in [3.05, 3.63) is 23.3 Å². The average molecular weight is 227 g/mol. The lowest BCUT2D eigenvalue weighted by Gasteiger charge is -2.03. The fourth-order valence-corrected chi connectivity index (χ4v) is 2.49. The summed E-state index contributed by atoms with van der Waals surface area (Å²) in [6.45, 7) is 1.70. The molecule has 6 nitrogen and oxygen atoms in total. The fourth-order valence-electron chi connectivity index (χ4n) is 1.45. The third-order valence-electron chi connectivity index (χ3n) is 2.10. The number of carbonyl (C=O) groups is 1. The summed E-state index contributed by atoms with van der Waals surface area (Å²) in [4.78, 5) is 10.9. The Hall–Kier alpha value is -1.76. The second kappa shape index (κ2) is 2.86. The molecule has 1 aromatic rings. The number of aryl methyl sites for hydroxylation is 1. The summed E-state index contributed by atoms with van der Waals surface area (Å²) in [6, 6.07) is 2.94. The summed E-state index contributed by atoms with van der Waals surface area (Å²) >= 11 is 0. The molecule has 0 atom stereocenters. The Kier molecular flexibility index (Phi) is 1.87. The van der Waals surface area contributed by atoms with Gasteiger partial charge in [0.1, 0.15) is 0 Å². The number of amides is 1. The van der Waals surface area contributed by atoms with E-state index in [4.69, 9.17) is 5.73 Å². The Morgan fingerprint density at radius 3 is 2.60 bits per heavy atom. The van der Waals surface area contributed by atoms with Gasteiger partial charge in [-0.2, -0.15) is 8.42 Å². The van der Waals surface area contributed by atoms with Crippen molar-refractivity contribution in [2.24, 2.45) is 5.73 Å². The van der Waals surface area contributed by atoms with Gasteiger partial charge >= 0.3 is 10.2 Å². The minimum absolute atomic E-state index is 0.276. The number of carbonyl (C=O) groups excluding carboxylic acids is 1. The molecule has 1 aliphatic rings. The first-order chi connectivity index (χ1) is 6.89. The molecule has 2 rings (SSSR count). The van der Waals surface area contributed by atoms with Gasteiger partial charge in [-0.05, 0) is 24.6 Å². The zero-order valence-electron chi connectivity index (χ0n) is 7.87. The monoisotopic (exact) mass is 227 g/mol. The number of benzene rings is 1. The molecule has 1 heterocycles. The lowest BCUT2D eigenvalue weighted by Crippen LogP contribution is -2.13. The third-order valence-corrected chi connectivity index (χ3v) is 3.06. The first-order valence-electron chi connectivity index (χ1n) is 4.14. The predicted molar refractivity (Wildman–Crippen MR) is 55.9 cm³/mol. The van der Waals surface area contributed by atoms with Gasteiger partial charge in [0.2, 0.25) is 5.91 Å². The van der Waals surface area contributed by atoms with E-state index in [1.165, 1.54) is 12.1 Å². The number of nitrogens with one attached hydrogen (secondary N) is 2. The Bertz CT molecular complexity index is 550. The number of fused-ring (bicyclic) bond motifs is 1. The van der Waals surface area contributed by atoms with Gasteiger partial charge in [0.25, 0.3) is 0 Å². The van der Waals surface area contributed by atoms with Gasteiger partial charge in [0.15, 0.2) is 0 Å². The van der Waals surface area contributed by atoms with E-state index in [-0.39, 0.29) is 5.56 Å². The van der Waals surface area contributed by atoms with Gasteiger partial charge in [-0.1, -0.05) is 0 Å². The molecule has 80 valence electrons. The first-order valence-corrected chi connectivity index (χ1v) is 5.62. The quantitative estimate of drug-likeness (QED) is 0.637. The van der Waals surface area contributed by atoms with Crippen LogP contribution in [-0.4, -0.2) is 14.3 Å². The smallest absolute Gasteiger partial charge is 0.321 e. The van der Waals surface area contributed by atoms with Crippen LogP contribution < -0.4 is 15.2 Å². The van der Waals surface area contributed by atoms with Gasteiger partial charge < -0.3 is 5.73 Å². The number of anilines is 2. The van der Waals surface area contributed by atoms with Crippen molar-refractivity contribution in [2.45, 2.75) is 6.92 Å². The molecule has 0 saturated carbocycles. The molecule has 0 saturated heterocycles. The number of hydrogen-bond donors (Lipinski definition) is 3. The van der Waals surface area contributed by atoms with Gasteiger partial charge in [-0.25, -0.2) is 0 Å². The zero-order valence-corrected chi connectivity index (χ0v) is 8.68. The maximum absolute atomic E-state index is 11.2. The SMILES string of the molecule is Cc1cc(C(N)=O)cc2c1NS(=O)(=O)N2. The summed E-state index contributed by atoms with van der Waals surface area (Å²) in [6.07, 6.45) is 0. The van der Waals surface area contributed by atoms with Crippen molar-refractivity contribution in [1.82, 2.24) is 0 Å². The Morgan fingerprint density at radius 1 is 1.33 bits per heavy atom. The Labute approximate surface area is 86.7 Å². The lowest BCUT2D eigenvalue weighted by molar-refractivity contribution is 0.100. The minimum atomic E-state index is -3.52. The van der Waals surface area contributed by atoms with Crippen molar-refractivity contribution in [1.29, 1.82) is 0 Å². The second-order valence-corrected chi connectivity index (χ2v) is 4.70. The predicted octanol–water partition coefficient (Wildman–Crippen LogP) is 0.176. The molecule has 0 spiro atoms. The number of nitrogens with two attached hydrogens (primary N) is 1. The number of hydrogen-bond acceptors (Lipinski definition) is 3. The molecule has 0 aliphatic carbocycles. The van der Waals surface area contributed by atoms with Crippen molar-refractivity contribution >= 4 is 27.5 Å². The van der Waals surface area contributed by atoms with Crippen LogP contribution in [-0.2, 0) is 10.2 Å². The van der Waals surface area contributed by atoms with Crippen LogP contribution in [0, 0.1) is 6.92 Å². The number of primary amides is 1. The van der Waals surface area contributed by atoms with Gasteiger partial charge in [-0.15, -0.1) is 0 Å². The Balaban J connectivity index is 2.61. The van der Waals surface area contributed by atoms with E-state index in [9.17, 15) is 13.2 Å². The fraction of sp³-hybridized carbons (Fsp3) is 0.125. The van der Waals surface area contributed by atoms with E-state index in [0.29, 0.717) is 16.9 Å². The molecule has 0 fully saturated rings. The van der Waals surface area contributed by atoms with Crippen molar-refractivity contribution in [2.75, 3.05) is 9.44 Å². The molecule has 1 amide bonds. The Morgan fingerprint density at radius 2 is 2.00 bits per heavy atom. The molecule has 1 aliphatic heterocycles. The van der Waals surface area contributed by atoms with Crippen molar-refractivity contribution in [3.8, 4) is 0 Å². The van der Waals surface area contributed by atoms with Crippen LogP contribution in [0.1, 0.15) is 15.9 Å². The molecular formula is C8H9N3O3S. The molecule has 0 bridgehead atoms. The summed E-state index contributed by atoms with van der Waals surface area (Å²) < 4.78 is 26.9. The van der Waals surface area contributed by atoms with Crippen LogP contribution in [0.4, 0.5) is 11.4 Å². The van der Waals surface area contributed by atoms with Crippen LogP contribution in [0.3, 0.4) is 0 Å². The third kappa shape index (κ3) is 1.61. The molecule has 7 heteroatoms. The highest BCUT2D eigenvalue weighted by Crippen LogP contribution is 2.33. The normalized spacial score (nSPS) is 16.3. The highest BCUT2D eigenvalue weighted by atomic mass is 32.2. The van der Waals surface area contributed by atoms with Crippen LogP contribution in [0.2, 0.25) is 0 Å². The van der Waals surface area contributed by atoms with Crippen molar-refractivity contribution < 1.29 is 13.2 Å². The molecule has 0 radical (unpaired) electrons. The molecule has 15 heavy (non-hydrogen) atoms. The largest absolute Gasteiger partial charge is 0.366 e. The lowest BCUT2D eigenvalue weighted by atomic mass is 10.1. The van der Waals surface area contributed by atoms with E-state index in [2.05, 4.69) is 9.44 Å². The summed E-state index contributed by atoms with van der Waals surface area (Å²) in [5.41, 5.74) is 6.84. The highest BCUT2D eigenvalue weighted by Gasteiger charge is 2.24. The van der Waals surface area contributed by atoms with E-state index < -0.39 is 16.1 Å². The standard InChI is InChI=1S/C8H9N3O3S/c1-4-2-5(8(9)12)3-6-7(4)11-15(13,14)10-6/h2-3,10-11H,1H3,(H2,9,12). The van der Waals surface area contributed by atoms with Gasteiger partial charge in [0, 0.05) is 5.56 Å². The highest BCUT2D eigenvalue weighted by molar-refractivity contribution is 7.94. The summed E-state index contributed by atoms with van der Waals surface area (Å²) in [7, 11) is -3.52. The van der Waals surface area contributed by atoms with Crippen LogP contribution in [0.15, 0.2) is 12.1 Å². The van der Waals surface area contributed by atoms with Crippen LogP contribution >= 0.6 is 0 Å². The topological polar surface area (TPSA) is 101 Å². The van der Waals surface area contributed by atoms with Crippen LogP contribution in [0.25, 0.3) is 0 Å². The first kappa shape index (κ1) is 9.78. The molecule has 1 aromatic carbocycles. The van der Waals surface area contributed by atoms with E-state index >= 15 is 0 Å². The zero-order chi connectivity index (χ0) is 11.2. The molecule has 0 aromatic heterocycles. The maximum atomic E-state index is 11.2. The number of rotatable bonds is 1. The van der Waals surface area contributed by atoms with Gasteiger partial charge in [-0.3, -0.25) is 14.2 Å². The van der Waals surface area contributed by atoms with Crippen LogP contribution in [0.5, 0.6) is 0 Å². The maximum Gasteiger partial charge on any atom is 0.321 e. The van der Waals surface area contributed by atoms with Gasteiger partial charge in [0.05, 0.1) is 11.4 Å². The minimum Gasteiger partial charge on any atom is -0.366 e. The molecular weight excluding hydrogens is 218 g/mol. The van der Waals surface area contributed by atoms with E-state index in [1.54, 1.807) is 6.92 Å².